The molecule has 0 aromatic carbocycles. The first-order chi connectivity index (χ1) is 4.83. The SMILES string of the molecule is CN(CS)CC1CCCC1. The molecule has 1 rings (SSSR count). The van der Waals surface area contributed by atoms with Crippen molar-refractivity contribution in [1.29, 1.82) is 0 Å². The van der Waals surface area contributed by atoms with Crippen molar-refractivity contribution in [2.75, 3.05) is 19.5 Å². The molecule has 0 aliphatic heterocycles. The minimum atomic E-state index is 0.899. The van der Waals surface area contributed by atoms with Gasteiger partial charge in [0.15, 0.2) is 0 Å². The summed E-state index contributed by atoms with van der Waals surface area (Å²) in [6.07, 6.45) is 5.78. The van der Waals surface area contributed by atoms with Crippen LogP contribution in [0.2, 0.25) is 0 Å². The van der Waals surface area contributed by atoms with Crippen LogP contribution in [0.1, 0.15) is 25.7 Å². The first kappa shape index (κ1) is 8.41. The second-order valence-electron chi connectivity index (χ2n) is 3.33. The predicted molar refractivity (Wildman–Crippen MR) is 48.4 cm³/mol. The van der Waals surface area contributed by atoms with Crippen molar-refractivity contribution < 1.29 is 0 Å². The minimum absolute atomic E-state index is 0.899. The highest BCUT2D eigenvalue weighted by Gasteiger charge is 2.15. The van der Waals surface area contributed by atoms with Gasteiger partial charge in [0.2, 0.25) is 0 Å². The quantitative estimate of drug-likeness (QED) is 0.487. The van der Waals surface area contributed by atoms with E-state index in [0.717, 1.165) is 11.8 Å². The molecule has 0 radical (unpaired) electrons. The highest BCUT2D eigenvalue weighted by Crippen LogP contribution is 2.24. The van der Waals surface area contributed by atoms with E-state index in [1.54, 1.807) is 0 Å². The largest absolute Gasteiger partial charge is 0.297 e. The van der Waals surface area contributed by atoms with E-state index >= 15 is 0 Å². The molecule has 0 atom stereocenters. The number of hydrogen-bond donors (Lipinski definition) is 1. The van der Waals surface area contributed by atoms with Gasteiger partial charge in [-0.25, -0.2) is 0 Å². The number of hydrogen-bond acceptors (Lipinski definition) is 2. The molecular formula is C8H17NS. The van der Waals surface area contributed by atoms with E-state index in [9.17, 15) is 0 Å². The third-order valence-corrected chi connectivity index (χ3v) is 2.77. The van der Waals surface area contributed by atoms with E-state index in [1.165, 1.54) is 32.2 Å². The van der Waals surface area contributed by atoms with Gasteiger partial charge in [0, 0.05) is 12.4 Å². The normalized spacial score (nSPS) is 20.7. The van der Waals surface area contributed by atoms with Crippen LogP contribution in [0.5, 0.6) is 0 Å². The van der Waals surface area contributed by atoms with Crippen LogP contribution in [0.3, 0.4) is 0 Å². The van der Waals surface area contributed by atoms with Crippen molar-refractivity contribution in [3.63, 3.8) is 0 Å². The molecule has 1 fully saturated rings. The van der Waals surface area contributed by atoms with Crippen LogP contribution in [0.25, 0.3) is 0 Å². The van der Waals surface area contributed by atoms with E-state index < -0.39 is 0 Å². The molecule has 0 bridgehead atoms. The van der Waals surface area contributed by atoms with E-state index in [0.29, 0.717) is 0 Å². The third kappa shape index (κ3) is 2.51. The zero-order valence-electron chi connectivity index (χ0n) is 6.71. The lowest BCUT2D eigenvalue weighted by molar-refractivity contribution is 0.319. The zero-order chi connectivity index (χ0) is 7.40. The molecule has 0 heterocycles. The standard InChI is InChI=1S/C8H17NS/c1-9(7-10)6-8-4-2-3-5-8/h8,10H,2-7H2,1H3. The molecule has 0 aromatic heterocycles. The molecule has 0 amide bonds. The maximum absolute atomic E-state index is 4.21. The maximum Gasteiger partial charge on any atom is 0.0411 e. The van der Waals surface area contributed by atoms with Crippen LogP contribution in [-0.2, 0) is 0 Å². The molecule has 1 nitrogen and oxygen atoms in total. The Labute approximate surface area is 69.2 Å². The van der Waals surface area contributed by atoms with E-state index in [-0.39, 0.29) is 0 Å². The summed E-state index contributed by atoms with van der Waals surface area (Å²) in [7, 11) is 2.14. The average Bonchev–Trinajstić information content (AvgIpc) is 2.40. The van der Waals surface area contributed by atoms with Crippen LogP contribution in [0.15, 0.2) is 0 Å². The summed E-state index contributed by atoms with van der Waals surface area (Å²) in [6, 6.07) is 0. The summed E-state index contributed by atoms with van der Waals surface area (Å²) < 4.78 is 0. The van der Waals surface area contributed by atoms with Gasteiger partial charge >= 0.3 is 0 Å². The fourth-order valence-electron chi connectivity index (χ4n) is 1.69. The second-order valence-corrected chi connectivity index (χ2v) is 3.61. The summed E-state index contributed by atoms with van der Waals surface area (Å²) in [6.45, 7) is 1.25. The highest BCUT2D eigenvalue weighted by atomic mass is 32.1. The average molecular weight is 159 g/mol. The van der Waals surface area contributed by atoms with Crippen molar-refractivity contribution in [2.24, 2.45) is 5.92 Å². The van der Waals surface area contributed by atoms with Crippen LogP contribution in [0, 0.1) is 5.92 Å². The molecule has 0 aromatic rings. The number of nitrogens with zero attached hydrogens (tertiary/aromatic N) is 1. The number of thiol groups is 1. The van der Waals surface area contributed by atoms with Gasteiger partial charge < -0.3 is 0 Å². The lowest BCUT2D eigenvalue weighted by Gasteiger charge is -2.17. The van der Waals surface area contributed by atoms with Gasteiger partial charge in [-0.2, -0.15) is 12.6 Å². The van der Waals surface area contributed by atoms with Crippen molar-refractivity contribution in [3.05, 3.63) is 0 Å². The van der Waals surface area contributed by atoms with Gasteiger partial charge in [-0.3, -0.25) is 4.90 Å². The molecule has 0 unspecified atom stereocenters. The highest BCUT2D eigenvalue weighted by molar-refractivity contribution is 7.80. The maximum atomic E-state index is 4.21. The topological polar surface area (TPSA) is 3.24 Å². The van der Waals surface area contributed by atoms with Crippen LogP contribution in [0.4, 0.5) is 0 Å². The smallest absolute Gasteiger partial charge is 0.0411 e. The van der Waals surface area contributed by atoms with Crippen molar-refractivity contribution in [2.45, 2.75) is 25.7 Å². The molecule has 0 saturated heterocycles. The Kier molecular flexibility index (Phi) is 3.57. The van der Waals surface area contributed by atoms with Crippen LogP contribution in [-0.4, -0.2) is 24.4 Å². The fourth-order valence-corrected chi connectivity index (χ4v) is 1.81. The fraction of sp³-hybridized carbons (Fsp3) is 1.00. The molecular weight excluding hydrogens is 142 g/mol. The van der Waals surface area contributed by atoms with Gasteiger partial charge in [-0.1, -0.05) is 12.8 Å². The molecule has 1 aliphatic carbocycles. The summed E-state index contributed by atoms with van der Waals surface area (Å²) >= 11 is 4.21. The zero-order valence-corrected chi connectivity index (χ0v) is 7.61. The van der Waals surface area contributed by atoms with E-state index in [2.05, 4.69) is 24.6 Å². The predicted octanol–water partition coefficient (Wildman–Crippen LogP) is 2.00. The summed E-state index contributed by atoms with van der Waals surface area (Å²) in [5.41, 5.74) is 0. The number of rotatable bonds is 3. The Hall–Kier alpha value is 0.310. The molecule has 60 valence electrons. The Bertz CT molecular complexity index is 89.3. The van der Waals surface area contributed by atoms with Gasteiger partial charge in [-0.05, 0) is 25.8 Å². The lowest BCUT2D eigenvalue weighted by Crippen LogP contribution is -2.22. The van der Waals surface area contributed by atoms with E-state index in [4.69, 9.17) is 0 Å². The first-order valence-electron chi connectivity index (χ1n) is 4.12. The van der Waals surface area contributed by atoms with Gasteiger partial charge in [0.25, 0.3) is 0 Å². The first-order valence-corrected chi connectivity index (χ1v) is 4.75. The van der Waals surface area contributed by atoms with E-state index in [1.807, 2.05) is 0 Å². The molecule has 10 heavy (non-hydrogen) atoms. The van der Waals surface area contributed by atoms with Gasteiger partial charge in [-0.15, -0.1) is 0 Å². The van der Waals surface area contributed by atoms with Crippen molar-refractivity contribution in [3.8, 4) is 0 Å². The Morgan fingerprint density at radius 2 is 2.00 bits per heavy atom. The molecule has 2 heteroatoms. The van der Waals surface area contributed by atoms with Gasteiger partial charge in [0.05, 0.1) is 0 Å². The molecule has 0 N–H and O–H groups in total. The summed E-state index contributed by atoms with van der Waals surface area (Å²) in [4.78, 5) is 2.29. The third-order valence-electron chi connectivity index (χ3n) is 2.29. The van der Waals surface area contributed by atoms with Crippen molar-refractivity contribution >= 4 is 12.6 Å². The summed E-state index contributed by atoms with van der Waals surface area (Å²) in [5, 5.41) is 0. The second kappa shape index (κ2) is 4.24. The van der Waals surface area contributed by atoms with Crippen molar-refractivity contribution in [1.82, 2.24) is 4.90 Å². The molecule has 1 aliphatic rings. The van der Waals surface area contributed by atoms with Gasteiger partial charge in [0.1, 0.15) is 0 Å². The minimum Gasteiger partial charge on any atom is -0.297 e. The van der Waals surface area contributed by atoms with Crippen LogP contribution < -0.4 is 0 Å². The summed E-state index contributed by atoms with van der Waals surface area (Å²) in [5.74, 6) is 1.87. The Morgan fingerprint density at radius 1 is 1.40 bits per heavy atom. The Morgan fingerprint density at radius 3 is 2.50 bits per heavy atom. The Balaban J connectivity index is 2.11. The monoisotopic (exact) mass is 159 g/mol. The van der Waals surface area contributed by atoms with Crippen LogP contribution >= 0.6 is 12.6 Å². The molecule has 1 saturated carbocycles. The lowest BCUT2D eigenvalue weighted by atomic mass is 10.1. The molecule has 0 spiro atoms.